The number of nitrogens with one attached hydrogen (secondary N) is 1. The molecule has 2 amide bonds. The number of hydrogen-bond acceptors (Lipinski definition) is 9. The number of halogens is 2. The summed E-state index contributed by atoms with van der Waals surface area (Å²) in [7, 11) is -1.12. The number of carbonyl (C=O) groups is 2. The van der Waals surface area contributed by atoms with E-state index < -0.39 is 51.4 Å². The highest BCUT2D eigenvalue weighted by Crippen LogP contribution is 2.31. The second-order valence-electron chi connectivity index (χ2n) is 13.8. The van der Waals surface area contributed by atoms with Crippen molar-refractivity contribution >= 4 is 39.1 Å². The van der Waals surface area contributed by atoms with Gasteiger partial charge in [-0.25, -0.2) is 26.3 Å². The molecule has 4 rings (SSSR count). The molecule has 0 bridgehead atoms. The molecular formula is C40H46F2N4O8S. The normalized spacial score (nSPS) is 13.0. The minimum Gasteiger partial charge on any atom is -0.497 e. The van der Waals surface area contributed by atoms with Gasteiger partial charge in [-0.05, 0) is 99.8 Å². The van der Waals surface area contributed by atoms with Crippen molar-refractivity contribution in [2.24, 2.45) is 5.16 Å². The average Bonchev–Trinajstić information content (AvgIpc) is 3.10. The summed E-state index contributed by atoms with van der Waals surface area (Å²) in [6.07, 6.45) is -1.53. The molecule has 2 N–H and O–H groups in total. The number of nitrogens with zero attached hydrogens (tertiary/aromatic N) is 3. The second kappa shape index (κ2) is 18.2. The molecular weight excluding hydrogens is 735 g/mol. The molecule has 0 aliphatic carbocycles. The van der Waals surface area contributed by atoms with Crippen LogP contribution < -0.4 is 14.4 Å². The van der Waals surface area contributed by atoms with Crippen LogP contribution >= 0.6 is 0 Å². The van der Waals surface area contributed by atoms with Gasteiger partial charge in [-0.2, -0.15) is 0 Å². The number of hydrogen-bond donors (Lipinski definition) is 2. The first-order chi connectivity index (χ1) is 25.9. The Bertz CT molecular complexity index is 2090. The number of benzene rings is 4. The smallest absolute Gasteiger partial charge is 0.410 e. The van der Waals surface area contributed by atoms with E-state index >= 15 is 0 Å². The van der Waals surface area contributed by atoms with Crippen LogP contribution in [-0.2, 0) is 32.6 Å². The fraction of sp³-hybridized carbons (Fsp3) is 0.325. The Balaban J connectivity index is 1.78. The van der Waals surface area contributed by atoms with Crippen LogP contribution in [0.5, 0.6) is 5.75 Å². The van der Waals surface area contributed by atoms with E-state index in [-0.39, 0.29) is 36.3 Å². The lowest BCUT2D eigenvalue weighted by molar-refractivity contribution is 0.00836. The fourth-order valence-corrected chi connectivity index (χ4v) is 6.74. The molecule has 0 saturated carbocycles. The number of rotatable bonds is 15. The summed E-state index contributed by atoms with van der Waals surface area (Å²) in [4.78, 5) is 33.9. The number of anilines is 2. The lowest BCUT2D eigenvalue weighted by atomic mass is 9.99. The number of methoxy groups -OCH3 is 1. The van der Waals surface area contributed by atoms with Crippen molar-refractivity contribution in [2.75, 3.05) is 31.3 Å². The molecule has 294 valence electrons. The van der Waals surface area contributed by atoms with Gasteiger partial charge in [-0.15, -0.1) is 0 Å². The van der Waals surface area contributed by atoms with Crippen molar-refractivity contribution in [3.8, 4) is 5.75 Å². The molecule has 12 nitrogen and oxygen atoms in total. The molecule has 0 aliphatic rings. The number of oxime groups is 1. The molecule has 0 aliphatic heterocycles. The van der Waals surface area contributed by atoms with E-state index in [9.17, 15) is 31.9 Å². The molecule has 0 radical (unpaired) electrons. The number of aliphatic hydroxyl groups is 1. The SMILES string of the molecule is CO/N=C(\C)c1cc(C(=O)N[C@@H](Cc2cc(F)cc(F)c2)[C@H](O)CN(Cc2cccc(OC)c2)C(=O)OC(C)(C)C)cc(N(c2ccccc2)S(C)(=O)=O)c1. The molecule has 2 atom stereocenters. The van der Waals surface area contributed by atoms with Crippen molar-refractivity contribution in [3.05, 3.63) is 125 Å². The van der Waals surface area contributed by atoms with Gasteiger partial charge < -0.3 is 29.6 Å². The summed E-state index contributed by atoms with van der Waals surface area (Å²) in [5.41, 5.74) is 0.888. The highest BCUT2D eigenvalue weighted by Gasteiger charge is 2.30. The van der Waals surface area contributed by atoms with Crippen molar-refractivity contribution in [1.82, 2.24) is 10.2 Å². The van der Waals surface area contributed by atoms with E-state index in [0.29, 0.717) is 34.3 Å². The Morgan fingerprint density at radius 2 is 1.53 bits per heavy atom. The molecule has 0 aromatic heterocycles. The molecule has 0 heterocycles. The third-order valence-corrected chi connectivity index (χ3v) is 9.19. The van der Waals surface area contributed by atoms with Gasteiger partial charge in [0.05, 0.1) is 49.1 Å². The van der Waals surface area contributed by atoms with Crippen molar-refractivity contribution in [2.45, 2.75) is 58.4 Å². The van der Waals surface area contributed by atoms with Gasteiger partial charge in [-0.1, -0.05) is 35.5 Å². The van der Waals surface area contributed by atoms with Gasteiger partial charge in [0.1, 0.15) is 30.1 Å². The molecule has 4 aromatic carbocycles. The van der Waals surface area contributed by atoms with Crippen molar-refractivity contribution < 1.29 is 46.2 Å². The Morgan fingerprint density at radius 3 is 2.13 bits per heavy atom. The van der Waals surface area contributed by atoms with Gasteiger partial charge >= 0.3 is 6.09 Å². The van der Waals surface area contributed by atoms with E-state index in [1.807, 2.05) is 0 Å². The van der Waals surface area contributed by atoms with Crippen LogP contribution in [0.25, 0.3) is 0 Å². The molecule has 55 heavy (non-hydrogen) atoms. The number of sulfonamides is 1. The predicted octanol–water partition coefficient (Wildman–Crippen LogP) is 6.58. The number of para-hydroxylation sites is 1. The van der Waals surface area contributed by atoms with Crippen LogP contribution in [0, 0.1) is 11.6 Å². The number of aliphatic hydroxyl groups excluding tert-OH is 1. The standard InChI is InChI=1S/C40H46F2N4O8S/c1-26(44-53-6)29-20-30(22-34(21-29)46(55(7,50)51)33-13-9-8-10-14-33)38(48)43-36(19-28-16-31(41)23-32(42)17-28)37(47)25-45(39(49)54-40(2,3)4)24-27-12-11-15-35(18-27)52-5/h8-18,20-23,36-37,47H,19,24-25H2,1-7H3,(H,43,48)/b44-26+/t36-,37+/m0/s1. The van der Waals surface area contributed by atoms with E-state index in [4.69, 9.17) is 14.3 Å². The summed E-state index contributed by atoms with van der Waals surface area (Å²) >= 11 is 0. The maximum absolute atomic E-state index is 14.4. The van der Waals surface area contributed by atoms with Gasteiger partial charge in [0.2, 0.25) is 10.0 Å². The van der Waals surface area contributed by atoms with Crippen molar-refractivity contribution in [3.63, 3.8) is 0 Å². The lowest BCUT2D eigenvalue weighted by Crippen LogP contribution is -2.51. The average molecular weight is 781 g/mol. The minimum atomic E-state index is -3.96. The Hall–Kier alpha value is -5.54. The summed E-state index contributed by atoms with van der Waals surface area (Å²) in [5.74, 6) is -1.97. The highest BCUT2D eigenvalue weighted by molar-refractivity contribution is 7.92. The maximum Gasteiger partial charge on any atom is 0.410 e. The summed E-state index contributed by atoms with van der Waals surface area (Å²) < 4.78 is 67.2. The van der Waals surface area contributed by atoms with Crippen LogP contribution in [0.4, 0.5) is 25.0 Å². The quantitative estimate of drug-likeness (QED) is 0.102. The maximum atomic E-state index is 14.4. The molecule has 0 fully saturated rings. The Kier molecular flexibility index (Phi) is 14.0. The second-order valence-corrected chi connectivity index (χ2v) is 15.7. The fourth-order valence-electron chi connectivity index (χ4n) is 5.75. The minimum absolute atomic E-state index is 0.0250. The summed E-state index contributed by atoms with van der Waals surface area (Å²) in [6.45, 7) is 6.28. The number of ether oxygens (including phenoxy) is 2. The Morgan fingerprint density at radius 1 is 0.873 bits per heavy atom. The third-order valence-electron chi connectivity index (χ3n) is 8.11. The largest absolute Gasteiger partial charge is 0.497 e. The van der Waals surface area contributed by atoms with Gasteiger partial charge in [0.15, 0.2) is 0 Å². The van der Waals surface area contributed by atoms with E-state index in [2.05, 4.69) is 10.5 Å². The number of amides is 2. The monoisotopic (exact) mass is 780 g/mol. The first kappa shape index (κ1) is 42.2. The topological polar surface area (TPSA) is 147 Å². The van der Waals surface area contributed by atoms with Crippen molar-refractivity contribution in [1.29, 1.82) is 0 Å². The zero-order valence-electron chi connectivity index (χ0n) is 31.7. The molecule has 0 saturated heterocycles. The third kappa shape index (κ3) is 12.2. The summed E-state index contributed by atoms with van der Waals surface area (Å²) in [5, 5.41) is 18.5. The van der Waals surface area contributed by atoms with Crippen LogP contribution in [-0.4, -0.2) is 80.9 Å². The predicted molar refractivity (Wildman–Crippen MR) is 206 cm³/mol. The van der Waals surface area contributed by atoms with E-state index in [1.165, 1.54) is 37.3 Å². The zero-order valence-corrected chi connectivity index (χ0v) is 32.6. The zero-order chi connectivity index (χ0) is 40.5. The molecule has 0 unspecified atom stereocenters. The van der Waals surface area contributed by atoms with E-state index in [0.717, 1.165) is 22.7 Å². The highest BCUT2D eigenvalue weighted by atomic mass is 32.2. The van der Waals surface area contributed by atoms with Crippen LogP contribution in [0.1, 0.15) is 54.7 Å². The lowest BCUT2D eigenvalue weighted by Gasteiger charge is -2.32. The van der Waals surface area contributed by atoms with E-state index in [1.54, 1.807) is 82.3 Å². The Labute approximate surface area is 320 Å². The molecule has 0 spiro atoms. The molecule has 15 heteroatoms. The molecule has 4 aromatic rings. The van der Waals surface area contributed by atoms with Crippen LogP contribution in [0.2, 0.25) is 0 Å². The number of carbonyl (C=O) groups excluding carboxylic acids is 2. The first-order valence-electron chi connectivity index (χ1n) is 17.2. The van der Waals surface area contributed by atoms with Gasteiger partial charge in [0, 0.05) is 23.7 Å². The van der Waals surface area contributed by atoms with Gasteiger partial charge in [0.25, 0.3) is 5.91 Å². The van der Waals surface area contributed by atoms with Crippen LogP contribution in [0.15, 0.2) is 96.2 Å². The van der Waals surface area contributed by atoms with Gasteiger partial charge in [-0.3, -0.25) is 4.79 Å². The summed E-state index contributed by atoms with van der Waals surface area (Å²) in [6, 6.07) is 21.1. The first-order valence-corrected chi connectivity index (χ1v) is 19.0. The van der Waals surface area contributed by atoms with Crippen LogP contribution in [0.3, 0.4) is 0 Å².